The van der Waals surface area contributed by atoms with E-state index in [1.54, 1.807) is 0 Å². The highest BCUT2D eigenvalue weighted by Gasteiger charge is 2.34. The Morgan fingerprint density at radius 3 is 2.57 bits per heavy atom. The molecule has 11 heteroatoms. The molecule has 1 aliphatic carbocycles. The first-order valence-electron chi connectivity index (χ1n) is 8.73. The Morgan fingerprint density at radius 2 is 2.00 bits per heavy atom. The molecule has 0 unspecified atom stereocenters. The molecule has 0 atom stereocenters. The Morgan fingerprint density at radius 1 is 1.29 bits per heavy atom. The van der Waals surface area contributed by atoms with Crippen molar-refractivity contribution in [1.82, 2.24) is 15.5 Å². The van der Waals surface area contributed by atoms with Gasteiger partial charge in [0, 0.05) is 23.8 Å². The summed E-state index contributed by atoms with van der Waals surface area (Å²) in [6, 6.07) is 3.21. The van der Waals surface area contributed by atoms with E-state index in [9.17, 15) is 22.8 Å². The molecular formula is C17H19F3N4O4. The monoisotopic (exact) mass is 400 g/mol. The lowest BCUT2D eigenvalue weighted by atomic mass is 9.85. The molecule has 0 aliphatic heterocycles. The van der Waals surface area contributed by atoms with Crippen LogP contribution in [0.1, 0.15) is 31.2 Å². The fourth-order valence-corrected chi connectivity index (χ4v) is 3.36. The van der Waals surface area contributed by atoms with Gasteiger partial charge in [-0.25, -0.2) is 14.7 Å². The van der Waals surface area contributed by atoms with Crippen LogP contribution in [0, 0.1) is 5.92 Å². The molecule has 3 rings (SSSR count). The molecule has 4 N–H and O–H groups in total. The van der Waals surface area contributed by atoms with Gasteiger partial charge in [0.15, 0.2) is 0 Å². The van der Waals surface area contributed by atoms with E-state index in [0.29, 0.717) is 32.2 Å². The van der Waals surface area contributed by atoms with Crippen molar-refractivity contribution in [2.75, 3.05) is 11.9 Å². The van der Waals surface area contributed by atoms with Gasteiger partial charge in [-0.1, -0.05) is 0 Å². The summed E-state index contributed by atoms with van der Waals surface area (Å²) in [5.41, 5.74) is -0.681. The Labute approximate surface area is 157 Å². The first-order valence-corrected chi connectivity index (χ1v) is 8.73. The van der Waals surface area contributed by atoms with Crippen LogP contribution in [0.25, 0.3) is 11.5 Å². The molecule has 1 heterocycles. The van der Waals surface area contributed by atoms with Crippen molar-refractivity contribution in [2.45, 2.75) is 37.9 Å². The van der Waals surface area contributed by atoms with Gasteiger partial charge in [-0.3, -0.25) is 0 Å². The number of nitrogens with one attached hydrogen (secondary N) is 3. The summed E-state index contributed by atoms with van der Waals surface area (Å²) in [7, 11) is 0. The van der Waals surface area contributed by atoms with Crippen molar-refractivity contribution in [1.29, 1.82) is 0 Å². The molecule has 1 aromatic carbocycles. The summed E-state index contributed by atoms with van der Waals surface area (Å²) in [6.45, 7) is 0.337. The maximum absolute atomic E-state index is 13.4. The second-order valence-corrected chi connectivity index (χ2v) is 6.72. The zero-order chi connectivity index (χ0) is 20.3. The maximum Gasteiger partial charge on any atom is 0.434 e. The minimum Gasteiger partial charge on any atom is -0.465 e. The molecule has 1 amide bonds. The number of anilines is 1. The number of carboxylic acid groups (broad SMARTS) is 1. The first kappa shape index (κ1) is 19.8. The maximum atomic E-state index is 13.4. The molecule has 2 aromatic rings. The van der Waals surface area contributed by atoms with Crippen molar-refractivity contribution in [3.63, 3.8) is 0 Å². The molecule has 28 heavy (non-hydrogen) atoms. The van der Waals surface area contributed by atoms with Gasteiger partial charge in [-0.05, 0) is 49.8 Å². The Kier molecular flexibility index (Phi) is 5.61. The van der Waals surface area contributed by atoms with Gasteiger partial charge in [0.25, 0.3) is 0 Å². The number of nitrogens with zero attached hydrogens (tertiary/aromatic N) is 1. The lowest BCUT2D eigenvalue weighted by Gasteiger charge is -2.30. The topological polar surface area (TPSA) is 120 Å². The van der Waals surface area contributed by atoms with E-state index < -0.39 is 23.6 Å². The number of halogens is 3. The highest BCUT2D eigenvalue weighted by atomic mass is 19.4. The summed E-state index contributed by atoms with van der Waals surface area (Å²) >= 11 is 0. The standard InChI is InChI=1S/C17H19F3N4O4/c18-17(19,20)12-6-3-10(14-23-24-16(27)28-14)7-13(12)22-11-4-1-9(2-5-11)8-21-15(25)26/h3,6-7,9,11,21-22H,1-2,4-5,8H2,(H,24,27)(H,25,26). The third-order valence-electron chi connectivity index (χ3n) is 4.76. The van der Waals surface area contributed by atoms with Gasteiger partial charge in [-0.2, -0.15) is 13.2 Å². The minimum atomic E-state index is -4.55. The van der Waals surface area contributed by atoms with Crippen LogP contribution in [0.5, 0.6) is 0 Å². The Hall–Kier alpha value is -2.98. The fourth-order valence-electron chi connectivity index (χ4n) is 3.36. The van der Waals surface area contributed by atoms with Gasteiger partial charge < -0.3 is 20.2 Å². The number of hydrogen-bond donors (Lipinski definition) is 4. The van der Waals surface area contributed by atoms with Crippen molar-refractivity contribution in [3.05, 3.63) is 34.3 Å². The predicted octanol–water partition coefficient (Wildman–Crippen LogP) is 3.29. The van der Waals surface area contributed by atoms with E-state index in [0.717, 1.165) is 6.07 Å². The number of carbonyl (C=O) groups is 1. The van der Waals surface area contributed by atoms with Crippen molar-refractivity contribution >= 4 is 11.8 Å². The van der Waals surface area contributed by atoms with E-state index in [1.807, 2.05) is 0 Å². The number of benzene rings is 1. The van der Waals surface area contributed by atoms with Crippen LogP contribution in [-0.4, -0.2) is 34.0 Å². The number of rotatable bonds is 5. The van der Waals surface area contributed by atoms with Crippen LogP contribution >= 0.6 is 0 Å². The van der Waals surface area contributed by atoms with E-state index in [1.165, 1.54) is 12.1 Å². The number of hydrogen-bond acceptors (Lipinski definition) is 5. The van der Waals surface area contributed by atoms with Crippen LogP contribution in [0.4, 0.5) is 23.7 Å². The molecule has 0 spiro atoms. The lowest BCUT2D eigenvalue weighted by molar-refractivity contribution is -0.137. The smallest absolute Gasteiger partial charge is 0.434 e. The second-order valence-electron chi connectivity index (χ2n) is 6.72. The largest absolute Gasteiger partial charge is 0.465 e. The molecule has 0 bridgehead atoms. The van der Waals surface area contributed by atoms with Gasteiger partial charge in [0.2, 0.25) is 5.89 Å². The van der Waals surface area contributed by atoms with Gasteiger partial charge >= 0.3 is 18.0 Å². The minimum absolute atomic E-state index is 0.0924. The first-order chi connectivity index (χ1) is 13.2. The second kappa shape index (κ2) is 7.95. The van der Waals surface area contributed by atoms with E-state index >= 15 is 0 Å². The molecule has 1 aliphatic rings. The van der Waals surface area contributed by atoms with E-state index in [-0.39, 0.29) is 29.1 Å². The van der Waals surface area contributed by atoms with Crippen molar-refractivity contribution in [2.24, 2.45) is 5.92 Å². The summed E-state index contributed by atoms with van der Waals surface area (Å²) in [6.07, 6.45) is -3.00. The van der Waals surface area contributed by atoms with Crippen LogP contribution in [0.3, 0.4) is 0 Å². The van der Waals surface area contributed by atoms with Crippen molar-refractivity contribution in [3.8, 4) is 11.5 Å². The number of aromatic amines is 1. The SMILES string of the molecule is O=C(O)NCC1CCC(Nc2cc(-c3n[nH]c(=O)o3)ccc2C(F)(F)F)CC1. The van der Waals surface area contributed by atoms with E-state index in [2.05, 4.69) is 20.8 Å². The third-order valence-corrected chi connectivity index (χ3v) is 4.76. The number of amides is 1. The van der Waals surface area contributed by atoms with Crippen molar-refractivity contribution < 1.29 is 27.5 Å². The van der Waals surface area contributed by atoms with Gasteiger partial charge in [0.1, 0.15) is 0 Å². The number of H-pyrrole nitrogens is 1. The molecular weight excluding hydrogens is 381 g/mol. The molecule has 1 saturated carbocycles. The number of aromatic nitrogens is 2. The Bertz CT molecular complexity index is 885. The summed E-state index contributed by atoms with van der Waals surface area (Å²) in [5, 5.41) is 19.7. The Balaban J connectivity index is 1.74. The zero-order valence-electron chi connectivity index (χ0n) is 14.7. The predicted molar refractivity (Wildman–Crippen MR) is 93.0 cm³/mol. The third kappa shape index (κ3) is 4.84. The summed E-state index contributed by atoms with van der Waals surface area (Å²) in [4.78, 5) is 21.7. The average Bonchev–Trinajstić information content (AvgIpc) is 3.06. The molecule has 1 fully saturated rings. The zero-order valence-corrected chi connectivity index (χ0v) is 14.7. The highest BCUT2D eigenvalue weighted by Crippen LogP contribution is 2.38. The quantitative estimate of drug-likeness (QED) is 0.611. The van der Waals surface area contributed by atoms with Crippen LogP contribution in [0.2, 0.25) is 0 Å². The van der Waals surface area contributed by atoms with E-state index in [4.69, 9.17) is 9.52 Å². The van der Waals surface area contributed by atoms with Crippen LogP contribution < -0.4 is 16.4 Å². The fraction of sp³-hybridized carbons (Fsp3) is 0.471. The molecule has 1 aromatic heterocycles. The van der Waals surface area contributed by atoms with Crippen LogP contribution in [0.15, 0.2) is 27.4 Å². The highest BCUT2D eigenvalue weighted by molar-refractivity contribution is 5.65. The van der Waals surface area contributed by atoms with Crippen LogP contribution in [-0.2, 0) is 6.18 Å². The van der Waals surface area contributed by atoms with Gasteiger partial charge in [0.05, 0.1) is 5.56 Å². The number of alkyl halides is 3. The van der Waals surface area contributed by atoms with Gasteiger partial charge in [-0.15, -0.1) is 5.10 Å². The average molecular weight is 400 g/mol. The summed E-state index contributed by atoms with van der Waals surface area (Å²) < 4.78 is 45.0. The lowest BCUT2D eigenvalue weighted by Crippen LogP contribution is -2.33. The normalized spacial score (nSPS) is 20.0. The summed E-state index contributed by atoms with van der Waals surface area (Å²) in [5.74, 6) is -0.719. The molecule has 8 nitrogen and oxygen atoms in total. The molecule has 152 valence electrons. The molecule has 0 radical (unpaired) electrons. The molecule has 0 saturated heterocycles.